The van der Waals surface area contributed by atoms with Gasteiger partial charge in [-0.05, 0) is 6.54 Å². The minimum Gasteiger partial charge on any atom is -0.452 e. The monoisotopic (exact) mass is 241 g/mol. The standard InChI is InChI=1S/C5H9F3N.BH3O3.K/c1-3-9(2)4-5(6,7)8;2-1(3)4;/h2-4H2,1H3;2-4H;/q-1;;+1. The largest absolute Gasteiger partial charge is 1.00 e. The average molecular weight is 241 g/mol. The fourth-order valence-electron chi connectivity index (χ4n) is 0.365. The predicted octanol–water partition coefficient (Wildman–Crippen LogP) is -3.39. The molecule has 0 unspecified atom stereocenters. The van der Waals surface area contributed by atoms with Gasteiger partial charge in [0, 0.05) is 0 Å². The molecule has 0 bridgehead atoms. The SMILES string of the molecule is OB(O)O.[CH2-]N(CC)CC(F)(F)F.[K+]. The van der Waals surface area contributed by atoms with Crippen LogP contribution in [0, 0.1) is 7.05 Å². The summed E-state index contributed by atoms with van der Waals surface area (Å²) >= 11 is 0. The summed E-state index contributed by atoms with van der Waals surface area (Å²) in [5, 5.41) is 21.5. The number of halogens is 3. The molecule has 0 saturated heterocycles. The maximum Gasteiger partial charge on any atom is 1.00 e. The Morgan fingerprint density at radius 1 is 1.29 bits per heavy atom. The van der Waals surface area contributed by atoms with E-state index in [1.54, 1.807) is 6.92 Å². The fraction of sp³-hybridized carbons (Fsp3) is 0.800. The molecular weight excluding hydrogens is 229 g/mol. The summed E-state index contributed by atoms with van der Waals surface area (Å²) in [5.41, 5.74) is 0. The first-order valence-electron chi connectivity index (χ1n) is 3.35. The molecule has 0 rings (SSSR count). The average Bonchev–Trinajstić information content (AvgIpc) is 1.82. The van der Waals surface area contributed by atoms with Crippen molar-refractivity contribution >= 4 is 7.32 Å². The van der Waals surface area contributed by atoms with Gasteiger partial charge in [0.2, 0.25) is 0 Å². The number of hydrogen-bond donors (Lipinski definition) is 3. The molecule has 0 heterocycles. The van der Waals surface area contributed by atoms with Crippen LogP contribution in [0.4, 0.5) is 13.2 Å². The summed E-state index contributed by atoms with van der Waals surface area (Å²) in [4.78, 5) is 0.958. The van der Waals surface area contributed by atoms with Crippen LogP contribution in [0.1, 0.15) is 6.92 Å². The van der Waals surface area contributed by atoms with Crippen LogP contribution in [0.15, 0.2) is 0 Å². The number of alkyl halides is 3. The van der Waals surface area contributed by atoms with Crippen LogP contribution in [0.5, 0.6) is 0 Å². The smallest absolute Gasteiger partial charge is 0.452 e. The molecule has 3 N–H and O–H groups in total. The van der Waals surface area contributed by atoms with E-state index in [0.29, 0.717) is 6.54 Å². The minimum absolute atomic E-state index is 0. The molecular formula is C5H12BF3KNO3. The molecule has 0 aromatic rings. The second-order valence-electron chi connectivity index (χ2n) is 2.11. The van der Waals surface area contributed by atoms with E-state index >= 15 is 0 Å². The first kappa shape index (κ1) is 20.7. The number of hydrogen-bond acceptors (Lipinski definition) is 4. The van der Waals surface area contributed by atoms with E-state index in [4.69, 9.17) is 15.1 Å². The van der Waals surface area contributed by atoms with E-state index in [1.165, 1.54) is 0 Å². The molecule has 0 aliphatic heterocycles. The number of rotatable bonds is 2. The summed E-state index contributed by atoms with van der Waals surface area (Å²) in [7, 11) is 0.989. The maximum atomic E-state index is 11.4. The van der Waals surface area contributed by atoms with Crippen molar-refractivity contribution in [3.63, 3.8) is 0 Å². The van der Waals surface area contributed by atoms with Crippen LogP contribution in [0.2, 0.25) is 0 Å². The molecule has 14 heavy (non-hydrogen) atoms. The Kier molecular flexibility index (Phi) is 16.0. The van der Waals surface area contributed by atoms with Crippen molar-refractivity contribution in [2.24, 2.45) is 0 Å². The molecule has 4 nitrogen and oxygen atoms in total. The molecule has 0 atom stereocenters. The Hall–Kier alpha value is 1.33. The van der Waals surface area contributed by atoms with Gasteiger partial charge in [0.1, 0.15) is 0 Å². The molecule has 0 amide bonds. The Labute approximate surface area is 124 Å². The minimum atomic E-state index is -4.11. The molecule has 0 fully saturated rings. The van der Waals surface area contributed by atoms with Crippen molar-refractivity contribution in [2.75, 3.05) is 13.1 Å². The summed E-state index contributed by atoms with van der Waals surface area (Å²) in [5.74, 6) is 0. The Balaban J connectivity index is -0.000000209. The van der Waals surface area contributed by atoms with Crippen LogP contribution in [0.25, 0.3) is 0 Å². The predicted molar refractivity (Wildman–Crippen MR) is 41.1 cm³/mol. The molecule has 0 aromatic heterocycles. The normalized spacial score (nSPS) is 10.1. The van der Waals surface area contributed by atoms with Gasteiger partial charge in [-0.2, -0.15) is 13.2 Å². The Morgan fingerprint density at radius 2 is 1.57 bits per heavy atom. The van der Waals surface area contributed by atoms with Gasteiger partial charge < -0.3 is 20.0 Å². The van der Waals surface area contributed by atoms with Crippen molar-refractivity contribution in [1.29, 1.82) is 0 Å². The summed E-state index contributed by atoms with van der Waals surface area (Å²) in [6, 6.07) is 0. The van der Waals surface area contributed by atoms with Gasteiger partial charge in [0.05, 0.1) is 6.54 Å². The number of nitrogens with zero attached hydrogens (tertiary/aromatic N) is 1. The van der Waals surface area contributed by atoms with Gasteiger partial charge in [-0.25, -0.2) is 0 Å². The summed E-state index contributed by atoms with van der Waals surface area (Å²) in [6.07, 6.45) is -4.11. The molecule has 80 valence electrons. The molecule has 0 aliphatic rings. The van der Waals surface area contributed by atoms with Crippen molar-refractivity contribution in [2.45, 2.75) is 13.1 Å². The van der Waals surface area contributed by atoms with Gasteiger partial charge >= 0.3 is 64.9 Å². The van der Waals surface area contributed by atoms with Crippen LogP contribution < -0.4 is 51.4 Å². The molecule has 0 spiro atoms. The topological polar surface area (TPSA) is 63.9 Å². The maximum absolute atomic E-state index is 11.4. The van der Waals surface area contributed by atoms with Crippen molar-refractivity contribution in [1.82, 2.24) is 4.90 Å². The van der Waals surface area contributed by atoms with Crippen LogP contribution >= 0.6 is 0 Å². The zero-order valence-corrected chi connectivity index (χ0v) is 11.2. The third kappa shape index (κ3) is 29.2. The van der Waals surface area contributed by atoms with E-state index in [1.807, 2.05) is 0 Å². The first-order valence-corrected chi connectivity index (χ1v) is 3.35. The fourth-order valence-corrected chi connectivity index (χ4v) is 0.365. The Morgan fingerprint density at radius 3 is 1.64 bits per heavy atom. The zero-order chi connectivity index (χ0) is 11.1. The van der Waals surface area contributed by atoms with E-state index in [0.717, 1.165) is 4.90 Å². The van der Waals surface area contributed by atoms with Crippen LogP contribution in [-0.4, -0.2) is 46.6 Å². The first-order chi connectivity index (χ1) is 5.69. The Bertz CT molecular complexity index is 125. The molecule has 0 aliphatic carbocycles. The molecule has 0 aromatic carbocycles. The van der Waals surface area contributed by atoms with Gasteiger partial charge in [0.15, 0.2) is 0 Å². The van der Waals surface area contributed by atoms with Crippen molar-refractivity contribution in [3.8, 4) is 0 Å². The van der Waals surface area contributed by atoms with Crippen LogP contribution in [0.3, 0.4) is 0 Å². The second kappa shape index (κ2) is 10.8. The van der Waals surface area contributed by atoms with E-state index in [9.17, 15) is 13.2 Å². The third-order valence-electron chi connectivity index (χ3n) is 0.850. The second-order valence-corrected chi connectivity index (χ2v) is 2.11. The zero-order valence-electron chi connectivity index (χ0n) is 8.12. The van der Waals surface area contributed by atoms with Crippen molar-refractivity contribution < 1.29 is 79.6 Å². The quantitative estimate of drug-likeness (QED) is 0.348. The summed E-state index contributed by atoms with van der Waals surface area (Å²) < 4.78 is 34.2. The molecule has 0 radical (unpaired) electrons. The summed E-state index contributed by atoms with van der Waals surface area (Å²) in [6.45, 7) is 1.02. The van der Waals surface area contributed by atoms with Crippen molar-refractivity contribution in [3.05, 3.63) is 7.05 Å². The van der Waals surface area contributed by atoms with Gasteiger partial charge in [-0.3, -0.25) is 7.05 Å². The van der Waals surface area contributed by atoms with Crippen LogP contribution in [-0.2, 0) is 0 Å². The molecule has 9 heteroatoms. The van der Waals surface area contributed by atoms with E-state index in [2.05, 4.69) is 7.05 Å². The third-order valence-corrected chi connectivity index (χ3v) is 0.850. The van der Waals surface area contributed by atoms with E-state index < -0.39 is 20.0 Å². The van der Waals surface area contributed by atoms with Gasteiger partial charge in [0.25, 0.3) is 0 Å². The van der Waals surface area contributed by atoms with Gasteiger partial charge in [-0.15, -0.1) is 0 Å². The van der Waals surface area contributed by atoms with E-state index in [-0.39, 0.29) is 51.4 Å². The molecule has 0 saturated carbocycles. The van der Waals surface area contributed by atoms with Gasteiger partial charge in [-0.1, -0.05) is 6.92 Å².